The maximum absolute atomic E-state index is 10.8. The van der Waals surface area contributed by atoms with Crippen molar-refractivity contribution in [3.8, 4) is 0 Å². The average Bonchev–Trinajstić information content (AvgIpc) is 2.77. The van der Waals surface area contributed by atoms with Crippen LogP contribution in [0.2, 0.25) is 0 Å². The summed E-state index contributed by atoms with van der Waals surface area (Å²) in [6.45, 7) is 9.45. The van der Waals surface area contributed by atoms with Crippen molar-refractivity contribution in [2.45, 2.75) is 116 Å². The molecule has 0 aliphatic carbocycles. The highest BCUT2D eigenvalue weighted by Crippen LogP contribution is 2.14. The van der Waals surface area contributed by atoms with Gasteiger partial charge in [-0.1, -0.05) is 116 Å². The van der Waals surface area contributed by atoms with Crippen LogP contribution < -0.4 is 11.1 Å². The van der Waals surface area contributed by atoms with Gasteiger partial charge in [0.25, 0.3) is 0 Å². The van der Waals surface area contributed by atoms with Crippen LogP contribution in [0.5, 0.6) is 0 Å². The fourth-order valence-corrected chi connectivity index (χ4v) is 3.26. The van der Waals surface area contributed by atoms with Crippen molar-refractivity contribution in [1.82, 2.24) is 5.32 Å². The molecule has 0 saturated carbocycles. The van der Waals surface area contributed by atoms with Gasteiger partial charge >= 0.3 is 0 Å². The van der Waals surface area contributed by atoms with Crippen molar-refractivity contribution in [1.29, 1.82) is 0 Å². The highest BCUT2D eigenvalue weighted by atomic mass is 16.3. The Hall–Kier alpha value is -1.62. The first-order valence-corrected chi connectivity index (χ1v) is 12.5. The number of hydrogen-bond acceptors (Lipinski definition) is 3. The van der Waals surface area contributed by atoms with Crippen LogP contribution in [0, 0.1) is 0 Å². The monoisotopic (exact) mass is 438 g/mol. The predicted molar refractivity (Wildman–Crippen MR) is 133 cm³/mol. The van der Waals surface area contributed by atoms with E-state index in [1.807, 2.05) is 0 Å². The Kier molecular flexibility index (Phi) is 26.9. The van der Waals surface area contributed by atoms with Crippen LogP contribution in [0.15, 0.2) is 24.8 Å². The second-order valence-corrected chi connectivity index (χ2v) is 8.24. The van der Waals surface area contributed by atoms with Gasteiger partial charge in [0.05, 0.1) is 6.61 Å². The molecule has 0 spiro atoms. The molecule has 0 aliphatic heterocycles. The molecule has 0 aromatic rings. The number of unbranched alkanes of at least 4 members (excludes halogenated alkanes) is 15. The Labute approximate surface area is 191 Å². The van der Waals surface area contributed by atoms with Crippen LogP contribution in [0.1, 0.15) is 116 Å². The fourth-order valence-electron chi connectivity index (χ4n) is 3.26. The zero-order valence-electron chi connectivity index (χ0n) is 20.3. The quantitative estimate of drug-likeness (QED) is 0.152. The number of rotatable bonds is 21. The van der Waals surface area contributed by atoms with Gasteiger partial charge in [0, 0.05) is 12.1 Å². The third-order valence-electron chi connectivity index (χ3n) is 5.28. The summed E-state index contributed by atoms with van der Waals surface area (Å²) in [4.78, 5) is 21.0. The molecule has 4 N–H and O–H groups in total. The third kappa shape index (κ3) is 28.4. The Morgan fingerprint density at radius 1 is 0.806 bits per heavy atom. The lowest BCUT2D eigenvalue weighted by Crippen LogP contribution is -2.23. The van der Waals surface area contributed by atoms with E-state index in [2.05, 4.69) is 25.4 Å². The van der Waals surface area contributed by atoms with Gasteiger partial charge in [-0.3, -0.25) is 9.59 Å². The number of aliphatic hydroxyl groups excluding tert-OH is 1. The summed E-state index contributed by atoms with van der Waals surface area (Å²) in [5.41, 5.74) is 5.74. The number of hydrogen-bond donors (Lipinski definition) is 3. The molecule has 182 valence electrons. The van der Waals surface area contributed by atoms with Gasteiger partial charge in [-0.2, -0.15) is 0 Å². The second-order valence-electron chi connectivity index (χ2n) is 8.24. The van der Waals surface area contributed by atoms with Crippen molar-refractivity contribution >= 4 is 11.8 Å². The Morgan fingerprint density at radius 3 is 1.52 bits per heavy atom. The summed E-state index contributed by atoms with van der Waals surface area (Å²) in [7, 11) is 0. The topological polar surface area (TPSA) is 92.4 Å². The molecule has 0 unspecified atom stereocenters. The van der Waals surface area contributed by atoms with Gasteiger partial charge < -0.3 is 16.2 Å². The fraction of sp³-hybridized carbons (Fsp3) is 0.769. The molecule has 0 aromatic carbocycles. The first-order chi connectivity index (χ1) is 15.0. The highest BCUT2D eigenvalue weighted by Gasteiger charge is 2.00. The molecule has 31 heavy (non-hydrogen) atoms. The van der Waals surface area contributed by atoms with E-state index in [4.69, 9.17) is 10.8 Å². The standard InChI is InChI=1S/C21H41NO.C5H9NO2/c1-3-4-5-6-7-8-9-10-11-12-13-14-15-16-17-18-19-20(2)21(22)23;1-2-5(8)6-3-4-7/h2-19H2,1H3,(H2,22,23);2,7H,1,3-4H2,(H,6,8). The Bertz CT molecular complexity index is 450. The average molecular weight is 439 g/mol. The summed E-state index contributed by atoms with van der Waals surface area (Å²) in [6.07, 6.45) is 23.8. The maximum Gasteiger partial charge on any atom is 0.244 e. The molecule has 0 fully saturated rings. The number of nitrogens with one attached hydrogen (secondary N) is 1. The van der Waals surface area contributed by atoms with E-state index in [0.29, 0.717) is 12.1 Å². The van der Waals surface area contributed by atoms with Crippen molar-refractivity contribution < 1.29 is 14.7 Å². The second kappa shape index (κ2) is 26.4. The van der Waals surface area contributed by atoms with Gasteiger partial charge in [-0.15, -0.1) is 0 Å². The minimum absolute atomic E-state index is 0.0282. The molecule has 0 radical (unpaired) electrons. The summed E-state index contributed by atoms with van der Waals surface area (Å²) in [5.74, 6) is -0.593. The van der Waals surface area contributed by atoms with Crippen LogP contribution in [0.3, 0.4) is 0 Å². The summed E-state index contributed by atoms with van der Waals surface area (Å²) in [6, 6.07) is 0. The van der Waals surface area contributed by atoms with Gasteiger partial charge in [0.1, 0.15) is 0 Å². The van der Waals surface area contributed by atoms with E-state index in [9.17, 15) is 9.59 Å². The number of carbonyl (C=O) groups is 2. The van der Waals surface area contributed by atoms with E-state index < -0.39 is 0 Å². The molecule has 0 heterocycles. The SMILES string of the molecule is C=C(CCCCCCCCCCCCCCCCCC)C(N)=O.C=CC(=O)NCCO. The van der Waals surface area contributed by atoms with Gasteiger partial charge in [-0.05, 0) is 18.9 Å². The molecule has 0 aliphatic rings. The van der Waals surface area contributed by atoms with Crippen LogP contribution in [-0.2, 0) is 9.59 Å². The van der Waals surface area contributed by atoms with E-state index in [1.54, 1.807) is 0 Å². The normalized spacial score (nSPS) is 10.1. The predicted octanol–water partition coefficient (Wildman–Crippen LogP) is 5.96. The Morgan fingerprint density at radius 2 is 1.19 bits per heavy atom. The van der Waals surface area contributed by atoms with Crippen LogP contribution in [0.4, 0.5) is 0 Å². The number of aliphatic hydroxyl groups is 1. The molecule has 0 bridgehead atoms. The van der Waals surface area contributed by atoms with Gasteiger partial charge in [0.2, 0.25) is 11.8 Å². The molecular formula is C26H50N2O3. The van der Waals surface area contributed by atoms with Gasteiger partial charge in [0.15, 0.2) is 0 Å². The van der Waals surface area contributed by atoms with E-state index >= 15 is 0 Å². The third-order valence-corrected chi connectivity index (χ3v) is 5.28. The summed E-state index contributed by atoms with van der Waals surface area (Å²) in [5, 5.41) is 10.5. The lowest BCUT2D eigenvalue weighted by Gasteiger charge is -2.04. The molecule has 0 aromatic heterocycles. The minimum atomic E-state index is -0.342. The molecule has 0 atom stereocenters. The molecular weight excluding hydrogens is 388 g/mol. The molecule has 0 rings (SSSR count). The van der Waals surface area contributed by atoms with E-state index in [1.165, 1.54) is 96.3 Å². The van der Waals surface area contributed by atoms with Crippen LogP contribution >= 0.6 is 0 Å². The lowest BCUT2D eigenvalue weighted by molar-refractivity contribution is -0.116. The zero-order valence-corrected chi connectivity index (χ0v) is 20.3. The largest absolute Gasteiger partial charge is 0.395 e. The van der Waals surface area contributed by atoms with Gasteiger partial charge in [-0.25, -0.2) is 0 Å². The first kappa shape index (κ1) is 31.6. The number of primary amides is 1. The summed E-state index contributed by atoms with van der Waals surface area (Å²) < 4.78 is 0. The van der Waals surface area contributed by atoms with E-state index in [-0.39, 0.29) is 18.4 Å². The lowest BCUT2D eigenvalue weighted by atomic mass is 10.0. The van der Waals surface area contributed by atoms with Crippen molar-refractivity contribution in [2.75, 3.05) is 13.2 Å². The van der Waals surface area contributed by atoms with Crippen LogP contribution in [-0.4, -0.2) is 30.1 Å². The first-order valence-electron chi connectivity index (χ1n) is 12.5. The smallest absolute Gasteiger partial charge is 0.244 e. The van der Waals surface area contributed by atoms with Crippen molar-refractivity contribution in [3.63, 3.8) is 0 Å². The zero-order chi connectivity index (χ0) is 23.6. The highest BCUT2D eigenvalue weighted by molar-refractivity contribution is 5.91. The van der Waals surface area contributed by atoms with Crippen molar-refractivity contribution in [3.05, 3.63) is 24.8 Å². The molecule has 5 heteroatoms. The molecule has 5 nitrogen and oxygen atoms in total. The maximum atomic E-state index is 10.8. The van der Waals surface area contributed by atoms with Crippen LogP contribution in [0.25, 0.3) is 0 Å². The number of nitrogens with two attached hydrogens (primary N) is 1. The Balaban J connectivity index is 0. The van der Waals surface area contributed by atoms with E-state index in [0.717, 1.165) is 18.9 Å². The summed E-state index contributed by atoms with van der Waals surface area (Å²) >= 11 is 0. The number of carbonyl (C=O) groups excluding carboxylic acids is 2. The molecule has 2 amide bonds. The molecule has 0 saturated heterocycles. The number of amides is 2. The van der Waals surface area contributed by atoms with Crippen molar-refractivity contribution in [2.24, 2.45) is 5.73 Å². The minimum Gasteiger partial charge on any atom is -0.395 e.